The highest BCUT2D eigenvalue weighted by atomic mass is 16.6. The smallest absolute Gasteiger partial charge is 0.335 e. The molecule has 7 nitrogen and oxygen atoms in total. The Bertz CT molecular complexity index is 1220. The molecule has 0 saturated carbocycles. The number of hydrogen-bond donors (Lipinski definition) is 0. The van der Waals surface area contributed by atoms with Gasteiger partial charge in [0.05, 0.1) is 13.2 Å². The molecule has 1 aliphatic heterocycles. The van der Waals surface area contributed by atoms with Crippen LogP contribution in [0.2, 0.25) is 0 Å². The highest BCUT2D eigenvalue weighted by molar-refractivity contribution is 5.75. The number of hydrogen-bond acceptors (Lipinski definition) is 7. The molecule has 1 aromatic heterocycles. The van der Waals surface area contributed by atoms with Crippen molar-refractivity contribution in [2.24, 2.45) is 0 Å². The van der Waals surface area contributed by atoms with Crippen LogP contribution in [0.15, 0.2) is 40.8 Å². The summed E-state index contributed by atoms with van der Waals surface area (Å²) in [5.41, 5.74) is 4.95. The molecule has 0 amide bonds. The van der Waals surface area contributed by atoms with E-state index in [2.05, 4.69) is 32.9 Å². The van der Waals surface area contributed by atoms with Crippen LogP contribution in [0, 0.1) is 6.92 Å². The molecule has 0 bridgehead atoms. The minimum Gasteiger partial charge on any atom is -0.493 e. The third kappa shape index (κ3) is 6.16. The number of nitrogens with zero attached hydrogens (tertiary/aromatic N) is 1. The van der Waals surface area contributed by atoms with Crippen LogP contribution in [0.1, 0.15) is 62.8 Å². The van der Waals surface area contributed by atoms with Gasteiger partial charge in [0.15, 0.2) is 6.10 Å². The van der Waals surface area contributed by atoms with Crippen LogP contribution in [0.4, 0.5) is 0 Å². The van der Waals surface area contributed by atoms with E-state index in [1.54, 1.807) is 6.92 Å². The van der Waals surface area contributed by atoms with Crippen molar-refractivity contribution in [3.63, 3.8) is 0 Å². The second kappa shape index (κ2) is 11.4. The van der Waals surface area contributed by atoms with E-state index < -0.39 is 6.10 Å². The molecule has 1 atom stereocenters. The molecule has 0 fully saturated rings. The van der Waals surface area contributed by atoms with Gasteiger partial charge in [0.25, 0.3) is 0 Å². The van der Waals surface area contributed by atoms with Gasteiger partial charge in [-0.05, 0) is 55.5 Å². The van der Waals surface area contributed by atoms with E-state index in [0.29, 0.717) is 32.1 Å². The van der Waals surface area contributed by atoms with Gasteiger partial charge in [0, 0.05) is 30.6 Å². The number of carbonyl (C=O) groups is 1. The first-order valence-corrected chi connectivity index (χ1v) is 13.0. The molecular weight excluding hydrogens is 470 g/mol. The summed E-state index contributed by atoms with van der Waals surface area (Å²) in [6.45, 7) is 13.7. The first kappa shape index (κ1) is 26.7. The van der Waals surface area contributed by atoms with Gasteiger partial charge in [-0.25, -0.2) is 9.78 Å². The zero-order valence-electron chi connectivity index (χ0n) is 22.7. The molecule has 3 aromatic rings. The minimum atomic E-state index is -0.668. The van der Waals surface area contributed by atoms with Crippen LogP contribution < -0.4 is 9.47 Å². The normalized spacial score (nSPS) is 13.7. The summed E-state index contributed by atoms with van der Waals surface area (Å²) < 4.78 is 28.9. The summed E-state index contributed by atoms with van der Waals surface area (Å²) in [6.07, 6.45) is 0.453. The SMILES string of the molecule is CCOC(=O)C(Cc1ccc(OCc2nc(-c3ccc(C(C)(C)C)cc3)oc2C)c2c1OCC2)OCC. The highest BCUT2D eigenvalue weighted by Crippen LogP contribution is 2.38. The molecule has 198 valence electrons. The Labute approximate surface area is 219 Å². The fourth-order valence-electron chi connectivity index (χ4n) is 4.42. The van der Waals surface area contributed by atoms with Gasteiger partial charge in [-0.2, -0.15) is 0 Å². The van der Waals surface area contributed by atoms with E-state index in [-0.39, 0.29) is 18.0 Å². The second-order valence-electron chi connectivity index (χ2n) is 10.2. The Morgan fingerprint density at radius 3 is 2.51 bits per heavy atom. The number of ether oxygens (including phenoxy) is 4. The average molecular weight is 508 g/mol. The molecule has 1 unspecified atom stereocenters. The van der Waals surface area contributed by atoms with Crippen molar-refractivity contribution in [2.45, 2.75) is 72.5 Å². The summed E-state index contributed by atoms with van der Waals surface area (Å²) in [4.78, 5) is 17.0. The number of carbonyl (C=O) groups excluding carboxylic acids is 1. The second-order valence-corrected chi connectivity index (χ2v) is 10.2. The Morgan fingerprint density at radius 1 is 1.08 bits per heavy atom. The van der Waals surface area contributed by atoms with Crippen molar-refractivity contribution in [3.05, 3.63) is 64.5 Å². The third-order valence-electron chi connectivity index (χ3n) is 6.48. The van der Waals surface area contributed by atoms with E-state index >= 15 is 0 Å². The fourth-order valence-corrected chi connectivity index (χ4v) is 4.42. The number of esters is 1. The molecule has 0 aliphatic carbocycles. The number of aryl methyl sites for hydroxylation is 1. The quantitative estimate of drug-likeness (QED) is 0.313. The number of oxazole rings is 1. The molecule has 1 aliphatic rings. The van der Waals surface area contributed by atoms with E-state index in [9.17, 15) is 4.79 Å². The monoisotopic (exact) mass is 507 g/mol. The summed E-state index contributed by atoms with van der Waals surface area (Å²) in [5, 5.41) is 0. The van der Waals surface area contributed by atoms with Crippen molar-refractivity contribution in [2.75, 3.05) is 19.8 Å². The Kier molecular flexibility index (Phi) is 8.22. The molecule has 0 spiro atoms. The highest BCUT2D eigenvalue weighted by Gasteiger charge is 2.27. The van der Waals surface area contributed by atoms with Crippen LogP contribution >= 0.6 is 0 Å². The van der Waals surface area contributed by atoms with E-state index in [1.165, 1.54) is 5.56 Å². The summed E-state index contributed by atoms with van der Waals surface area (Å²) >= 11 is 0. The van der Waals surface area contributed by atoms with Crippen LogP contribution in [0.3, 0.4) is 0 Å². The Hall–Kier alpha value is -3.32. The molecule has 7 heteroatoms. The molecule has 0 radical (unpaired) electrons. The maximum Gasteiger partial charge on any atom is 0.335 e. The molecule has 0 N–H and O–H groups in total. The van der Waals surface area contributed by atoms with E-state index in [0.717, 1.165) is 46.1 Å². The van der Waals surface area contributed by atoms with Crippen molar-refractivity contribution >= 4 is 5.97 Å². The number of rotatable bonds is 10. The topological polar surface area (TPSA) is 80.0 Å². The molecule has 2 heterocycles. The van der Waals surface area contributed by atoms with Gasteiger partial charge in [-0.1, -0.05) is 39.0 Å². The molecule has 37 heavy (non-hydrogen) atoms. The lowest BCUT2D eigenvalue weighted by molar-refractivity contribution is -0.156. The van der Waals surface area contributed by atoms with Gasteiger partial charge >= 0.3 is 5.97 Å². The number of fused-ring (bicyclic) bond motifs is 1. The molecular formula is C30H37NO6. The molecule has 2 aromatic carbocycles. The van der Waals surface area contributed by atoms with Crippen molar-refractivity contribution < 1.29 is 28.2 Å². The zero-order chi connectivity index (χ0) is 26.6. The average Bonchev–Trinajstić information content (AvgIpc) is 3.50. The van der Waals surface area contributed by atoms with Gasteiger partial charge in [0.2, 0.25) is 5.89 Å². The predicted molar refractivity (Wildman–Crippen MR) is 141 cm³/mol. The van der Waals surface area contributed by atoms with Gasteiger partial charge in [-0.15, -0.1) is 0 Å². The number of aromatic nitrogens is 1. The van der Waals surface area contributed by atoms with Crippen LogP contribution in [-0.4, -0.2) is 36.9 Å². The number of benzene rings is 2. The first-order valence-electron chi connectivity index (χ1n) is 13.0. The van der Waals surface area contributed by atoms with Crippen molar-refractivity contribution in [3.8, 4) is 23.0 Å². The first-order chi connectivity index (χ1) is 17.7. The van der Waals surface area contributed by atoms with Crippen LogP contribution in [0.5, 0.6) is 11.5 Å². The zero-order valence-corrected chi connectivity index (χ0v) is 22.7. The lowest BCUT2D eigenvalue weighted by atomic mass is 9.87. The third-order valence-corrected chi connectivity index (χ3v) is 6.48. The fraction of sp³-hybridized carbons (Fsp3) is 0.467. The van der Waals surface area contributed by atoms with Gasteiger partial charge < -0.3 is 23.4 Å². The van der Waals surface area contributed by atoms with E-state index in [1.807, 2.05) is 38.1 Å². The molecule has 4 rings (SSSR count). The molecule has 0 saturated heterocycles. The van der Waals surface area contributed by atoms with Crippen molar-refractivity contribution in [1.29, 1.82) is 0 Å². The van der Waals surface area contributed by atoms with E-state index in [4.69, 9.17) is 28.3 Å². The van der Waals surface area contributed by atoms with Gasteiger partial charge in [0.1, 0.15) is 29.6 Å². The minimum absolute atomic E-state index is 0.0896. The standard InChI is InChI=1S/C30H37NO6/c1-7-33-26(29(32)34-8-2)17-21-11-14-25(23-15-16-35-27(21)23)36-18-24-19(3)37-28(31-24)20-9-12-22(13-10-20)30(4,5)6/h9-14,26H,7-8,15-18H2,1-6H3. The predicted octanol–water partition coefficient (Wildman–Crippen LogP) is 5.97. The largest absolute Gasteiger partial charge is 0.493 e. The lowest BCUT2D eigenvalue weighted by Crippen LogP contribution is -2.29. The van der Waals surface area contributed by atoms with Crippen LogP contribution in [-0.2, 0) is 39.1 Å². The Balaban J connectivity index is 1.48. The Morgan fingerprint density at radius 2 is 1.84 bits per heavy atom. The summed E-state index contributed by atoms with van der Waals surface area (Å²) in [7, 11) is 0. The summed E-state index contributed by atoms with van der Waals surface area (Å²) in [5.74, 6) is 2.47. The summed E-state index contributed by atoms with van der Waals surface area (Å²) in [6, 6.07) is 12.2. The van der Waals surface area contributed by atoms with Crippen LogP contribution in [0.25, 0.3) is 11.5 Å². The van der Waals surface area contributed by atoms with Crippen molar-refractivity contribution in [1.82, 2.24) is 4.98 Å². The van der Waals surface area contributed by atoms with Gasteiger partial charge in [-0.3, -0.25) is 0 Å². The maximum absolute atomic E-state index is 12.3. The maximum atomic E-state index is 12.3. The lowest BCUT2D eigenvalue weighted by Gasteiger charge is -2.18.